The minimum absolute atomic E-state index is 0.113. The van der Waals surface area contributed by atoms with Crippen LogP contribution >= 0.6 is 0 Å². The maximum atomic E-state index is 12.9. The Labute approximate surface area is 170 Å². The van der Waals surface area contributed by atoms with E-state index in [2.05, 4.69) is 11.9 Å². The molecule has 0 radical (unpaired) electrons. The van der Waals surface area contributed by atoms with Crippen LogP contribution in [0.2, 0.25) is 0 Å². The normalized spacial score (nSPS) is 25.6. The first-order valence-corrected chi connectivity index (χ1v) is 9.78. The highest BCUT2D eigenvalue weighted by molar-refractivity contribution is 5.79. The van der Waals surface area contributed by atoms with Gasteiger partial charge in [0.15, 0.2) is 5.60 Å². The van der Waals surface area contributed by atoms with Crippen molar-refractivity contribution in [2.45, 2.75) is 83.3 Å². The molecule has 4 atom stereocenters. The smallest absolute Gasteiger partial charge is 0.393 e. The number of allylic oxidation sites excluding steroid dienone is 3. The van der Waals surface area contributed by atoms with Crippen LogP contribution in [0.25, 0.3) is 0 Å². The molecule has 0 unspecified atom stereocenters. The predicted molar refractivity (Wildman–Crippen MR) is 105 cm³/mol. The Balaban J connectivity index is 3.12. The summed E-state index contributed by atoms with van der Waals surface area (Å²) >= 11 is 0. The Hall–Kier alpha value is -1.64. The molecule has 1 aliphatic rings. The van der Waals surface area contributed by atoms with Crippen LogP contribution in [-0.4, -0.2) is 45.2 Å². The quantitative estimate of drug-likeness (QED) is 0.358. The second-order valence-corrected chi connectivity index (χ2v) is 7.92. The lowest BCUT2D eigenvalue weighted by Crippen LogP contribution is -2.46. The molecule has 0 aromatic carbocycles. The number of hydrogen-bond acceptors (Lipinski definition) is 4. The van der Waals surface area contributed by atoms with Crippen molar-refractivity contribution in [3.8, 4) is 0 Å². The van der Waals surface area contributed by atoms with E-state index < -0.39 is 36.3 Å². The van der Waals surface area contributed by atoms with Gasteiger partial charge in [-0.2, -0.15) is 13.2 Å². The number of carbonyl (C=O) groups is 1. The Morgan fingerprint density at radius 2 is 2.00 bits per heavy atom. The van der Waals surface area contributed by atoms with Crippen molar-refractivity contribution < 1.29 is 33.3 Å². The number of amides is 1. The molecule has 0 aliphatic heterocycles. The summed E-state index contributed by atoms with van der Waals surface area (Å²) in [5, 5.41) is 32.3. The van der Waals surface area contributed by atoms with Crippen LogP contribution in [0.1, 0.15) is 59.3 Å². The van der Waals surface area contributed by atoms with Crippen LogP contribution in [0.4, 0.5) is 13.2 Å². The van der Waals surface area contributed by atoms with E-state index in [1.165, 1.54) is 0 Å². The van der Waals surface area contributed by atoms with E-state index in [-0.39, 0.29) is 18.8 Å². The lowest BCUT2D eigenvalue weighted by Gasteiger charge is -2.32. The lowest BCUT2D eigenvalue weighted by atomic mass is 9.82. The van der Waals surface area contributed by atoms with E-state index in [9.17, 15) is 33.3 Å². The zero-order valence-corrected chi connectivity index (χ0v) is 17.2. The van der Waals surface area contributed by atoms with Crippen LogP contribution < -0.4 is 5.32 Å². The van der Waals surface area contributed by atoms with E-state index >= 15 is 0 Å². The second kappa shape index (κ2) is 10.4. The van der Waals surface area contributed by atoms with Crippen LogP contribution in [0.3, 0.4) is 0 Å². The highest BCUT2D eigenvalue weighted by atomic mass is 19.4. The van der Waals surface area contributed by atoms with E-state index in [1.807, 2.05) is 26.0 Å². The van der Waals surface area contributed by atoms with Gasteiger partial charge in [0.05, 0.1) is 18.6 Å². The van der Waals surface area contributed by atoms with Gasteiger partial charge in [-0.05, 0) is 50.2 Å². The average molecular weight is 419 g/mol. The summed E-state index contributed by atoms with van der Waals surface area (Å²) < 4.78 is 38.8. The number of halogens is 3. The largest absolute Gasteiger partial charge is 0.417 e. The van der Waals surface area contributed by atoms with Crippen molar-refractivity contribution in [3.63, 3.8) is 0 Å². The number of hydrogen-bond donors (Lipinski definition) is 4. The maximum absolute atomic E-state index is 12.9. The van der Waals surface area contributed by atoms with Crippen LogP contribution in [-0.2, 0) is 4.79 Å². The summed E-state index contributed by atoms with van der Waals surface area (Å²) in [5.74, 6) is -1.23. The van der Waals surface area contributed by atoms with Gasteiger partial charge < -0.3 is 20.6 Å². The highest BCUT2D eigenvalue weighted by Crippen LogP contribution is 2.35. The zero-order valence-electron chi connectivity index (χ0n) is 17.2. The Morgan fingerprint density at radius 3 is 2.55 bits per heavy atom. The molecule has 0 aromatic heterocycles. The molecule has 4 N–H and O–H groups in total. The second-order valence-electron chi connectivity index (χ2n) is 7.92. The van der Waals surface area contributed by atoms with E-state index in [0.29, 0.717) is 30.2 Å². The molecule has 29 heavy (non-hydrogen) atoms. The molecule has 5 nitrogen and oxygen atoms in total. The van der Waals surface area contributed by atoms with Crippen molar-refractivity contribution in [2.24, 2.45) is 5.92 Å². The zero-order chi connectivity index (χ0) is 22.4. The Morgan fingerprint density at radius 1 is 1.38 bits per heavy atom. The molecule has 1 rings (SSSR count). The molecule has 1 saturated carbocycles. The summed E-state index contributed by atoms with van der Waals surface area (Å²) in [7, 11) is 0. The first kappa shape index (κ1) is 25.4. The van der Waals surface area contributed by atoms with Crippen LogP contribution in [0.5, 0.6) is 0 Å². The molecule has 0 spiro atoms. The van der Waals surface area contributed by atoms with Crippen LogP contribution in [0, 0.1) is 5.92 Å². The summed E-state index contributed by atoms with van der Waals surface area (Å²) in [6.45, 7) is 8.10. The predicted octanol–water partition coefficient (Wildman–Crippen LogP) is 3.51. The van der Waals surface area contributed by atoms with Gasteiger partial charge in [-0.15, -0.1) is 0 Å². The topological polar surface area (TPSA) is 89.8 Å². The summed E-state index contributed by atoms with van der Waals surface area (Å²) in [6.07, 6.45) is -1.54. The molecular formula is C21H32F3NO4. The monoisotopic (exact) mass is 419 g/mol. The van der Waals surface area contributed by atoms with Crippen molar-refractivity contribution in [1.82, 2.24) is 5.32 Å². The number of nitrogens with one attached hydrogen (secondary N) is 1. The first-order valence-electron chi connectivity index (χ1n) is 9.78. The SMILES string of the molecule is C=C1/C(=C(\NC(=O)C[C@](C)(O)C(F)(F)F)[C@@H](C)CCC/C=C/C)C[C@@H](O)C[C@@H]1O. The molecule has 0 saturated heterocycles. The average Bonchev–Trinajstić information content (AvgIpc) is 2.58. The van der Waals surface area contributed by atoms with Gasteiger partial charge in [-0.1, -0.05) is 25.7 Å². The summed E-state index contributed by atoms with van der Waals surface area (Å²) in [4.78, 5) is 12.3. The van der Waals surface area contributed by atoms with Crippen molar-refractivity contribution in [2.75, 3.05) is 0 Å². The number of rotatable bonds is 8. The Kier molecular flexibility index (Phi) is 9.11. The minimum Gasteiger partial charge on any atom is -0.393 e. The van der Waals surface area contributed by atoms with Gasteiger partial charge in [0.2, 0.25) is 5.91 Å². The first-order chi connectivity index (χ1) is 13.3. The third-order valence-electron chi connectivity index (χ3n) is 5.18. The lowest BCUT2D eigenvalue weighted by molar-refractivity contribution is -0.253. The van der Waals surface area contributed by atoms with Crippen molar-refractivity contribution in [1.29, 1.82) is 0 Å². The number of aliphatic hydroxyl groups excluding tert-OH is 2. The number of carbonyl (C=O) groups excluding carboxylic acids is 1. The molecule has 1 amide bonds. The minimum atomic E-state index is -4.95. The Bertz CT molecular complexity index is 653. The molecule has 0 aromatic rings. The van der Waals surface area contributed by atoms with Gasteiger partial charge in [0.1, 0.15) is 0 Å². The number of unbranched alkanes of at least 4 members (excludes halogenated alkanes) is 1. The molecule has 166 valence electrons. The molecule has 0 heterocycles. The molecule has 8 heteroatoms. The van der Waals surface area contributed by atoms with Gasteiger partial charge in [0, 0.05) is 18.5 Å². The molecule has 1 aliphatic carbocycles. The maximum Gasteiger partial charge on any atom is 0.417 e. The fourth-order valence-corrected chi connectivity index (χ4v) is 3.29. The number of alkyl halides is 3. The number of aliphatic hydroxyl groups is 3. The van der Waals surface area contributed by atoms with E-state index in [4.69, 9.17) is 0 Å². The van der Waals surface area contributed by atoms with E-state index in [0.717, 1.165) is 12.8 Å². The van der Waals surface area contributed by atoms with Crippen LogP contribution in [0.15, 0.2) is 35.6 Å². The molecular weight excluding hydrogens is 387 g/mol. The fourth-order valence-electron chi connectivity index (χ4n) is 3.29. The van der Waals surface area contributed by atoms with Crippen molar-refractivity contribution >= 4 is 5.91 Å². The highest BCUT2D eigenvalue weighted by Gasteiger charge is 2.51. The third kappa shape index (κ3) is 7.28. The standard InChI is InChI=1S/C21H32F3NO4/c1-5-6-7-8-9-13(2)19(16-10-15(26)11-17(27)14(16)3)25-18(28)12-20(4,29)21(22,23)24/h5-6,13,15,17,26-27,29H,3,7-12H2,1-2,4H3,(H,25,28)/b6-5+,19-16-/t13-,15+,17-,20-/m0/s1. The van der Waals surface area contributed by atoms with E-state index in [1.54, 1.807) is 0 Å². The molecule has 1 fully saturated rings. The summed E-state index contributed by atoms with van der Waals surface area (Å²) in [6, 6.07) is 0. The fraction of sp³-hybridized carbons (Fsp3) is 0.667. The van der Waals surface area contributed by atoms with Gasteiger partial charge in [-0.25, -0.2) is 0 Å². The van der Waals surface area contributed by atoms with Crippen molar-refractivity contribution in [3.05, 3.63) is 35.6 Å². The van der Waals surface area contributed by atoms with Gasteiger partial charge in [-0.3, -0.25) is 4.79 Å². The van der Waals surface area contributed by atoms with Gasteiger partial charge in [0.25, 0.3) is 0 Å². The van der Waals surface area contributed by atoms with Gasteiger partial charge >= 0.3 is 6.18 Å². The summed E-state index contributed by atoms with van der Waals surface area (Å²) in [5.41, 5.74) is -2.02. The molecule has 0 bridgehead atoms. The third-order valence-corrected chi connectivity index (χ3v) is 5.18.